The quantitative estimate of drug-likeness (QED) is 0.283. The minimum absolute atomic E-state index is 0. The molecule has 3 N–H and O–H groups in total. The Hall–Kier alpha value is -2.04. The Balaban J connectivity index is 0.00000385. The summed E-state index contributed by atoms with van der Waals surface area (Å²) >= 11 is 0. The number of nitrogens with zero attached hydrogens (tertiary/aromatic N) is 2. The molecule has 1 aromatic rings. The highest BCUT2D eigenvalue weighted by Gasteiger charge is 2.28. The van der Waals surface area contributed by atoms with E-state index in [9.17, 15) is 9.59 Å². The lowest BCUT2D eigenvalue weighted by Gasteiger charge is -2.34. The Morgan fingerprint density at radius 3 is 2.76 bits per heavy atom. The van der Waals surface area contributed by atoms with Gasteiger partial charge in [-0.3, -0.25) is 9.79 Å². The zero-order chi connectivity index (χ0) is 23.1. The highest BCUT2D eigenvalue weighted by atomic mass is 127. The SMILES string of the molecule is CN=C(NCCC1CCCN(C(=O)OC(C)(C)C)C1)NCC1CC(=O)Nc2ccccc21.I. The van der Waals surface area contributed by atoms with E-state index in [1.165, 1.54) is 0 Å². The number of hydrogen-bond acceptors (Lipinski definition) is 4. The largest absolute Gasteiger partial charge is 0.444 e. The van der Waals surface area contributed by atoms with Crippen molar-refractivity contribution in [2.45, 2.75) is 58.0 Å². The van der Waals surface area contributed by atoms with Gasteiger partial charge in [0.2, 0.25) is 5.91 Å². The van der Waals surface area contributed by atoms with Crippen molar-refractivity contribution in [3.8, 4) is 0 Å². The second-order valence-electron chi connectivity index (χ2n) is 9.64. The maximum absolute atomic E-state index is 12.4. The standard InChI is InChI=1S/C24H37N5O3.HI/c1-24(2,3)32-23(31)29-13-7-8-17(16-29)11-12-26-22(25-4)27-15-18-14-21(30)28-20-10-6-5-9-19(18)20;/h5-6,9-10,17-18H,7-8,11-16H2,1-4H3,(H,28,30)(H2,25,26,27);1H. The Morgan fingerprint density at radius 2 is 2.03 bits per heavy atom. The number of halogens is 1. The fourth-order valence-electron chi connectivity index (χ4n) is 4.31. The van der Waals surface area contributed by atoms with Crippen LogP contribution in [0.1, 0.15) is 57.9 Å². The molecule has 0 bridgehead atoms. The van der Waals surface area contributed by atoms with E-state index >= 15 is 0 Å². The Bertz CT molecular complexity index is 840. The average Bonchev–Trinajstić information content (AvgIpc) is 2.74. The lowest BCUT2D eigenvalue weighted by molar-refractivity contribution is -0.116. The average molecular weight is 572 g/mol. The first-order valence-electron chi connectivity index (χ1n) is 11.6. The van der Waals surface area contributed by atoms with Crippen molar-refractivity contribution >= 4 is 47.6 Å². The number of ether oxygens (including phenoxy) is 1. The highest BCUT2D eigenvalue weighted by molar-refractivity contribution is 14.0. The molecule has 1 aromatic carbocycles. The number of fused-ring (bicyclic) bond motifs is 1. The number of carbonyl (C=O) groups excluding carboxylic acids is 2. The van der Waals surface area contributed by atoms with Crippen LogP contribution in [0.5, 0.6) is 0 Å². The summed E-state index contributed by atoms with van der Waals surface area (Å²) < 4.78 is 5.52. The van der Waals surface area contributed by atoms with Crippen LogP contribution in [0.2, 0.25) is 0 Å². The molecular weight excluding hydrogens is 533 g/mol. The van der Waals surface area contributed by atoms with Crippen LogP contribution in [0, 0.1) is 5.92 Å². The van der Waals surface area contributed by atoms with Gasteiger partial charge < -0.3 is 25.6 Å². The number of hydrogen-bond donors (Lipinski definition) is 3. The number of likely N-dealkylation sites (tertiary alicyclic amines) is 1. The molecule has 9 heteroatoms. The minimum Gasteiger partial charge on any atom is -0.444 e. The van der Waals surface area contributed by atoms with Crippen molar-refractivity contribution in [1.82, 2.24) is 15.5 Å². The van der Waals surface area contributed by atoms with Crippen LogP contribution in [0.25, 0.3) is 0 Å². The van der Waals surface area contributed by atoms with Gasteiger partial charge in [0.25, 0.3) is 0 Å². The number of aliphatic imine (C=N–C) groups is 1. The highest BCUT2D eigenvalue weighted by Crippen LogP contribution is 2.31. The van der Waals surface area contributed by atoms with Crippen LogP contribution in [-0.2, 0) is 9.53 Å². The van der Waals surface area contributed by atoms with Gasteiger partial charge in [0, 0.05) is 51.3 Å². The van der Waals surface area contributed by atoms with Crippen molar-refractivity contribution in [3.63, 3.8) is 0 Å². The van der Waals surface area contributed by atoms with Gasteiger partial charge in [-0.1, -0.05) is 18.2 Å². The zero-order valence-electron chi connectivity index (χ0n) is 20.1. The molecule has 0 aromatic heterocycles. The lowest BCUT2D eigenvalue weighted by Crippen LogP contribution is -2.44. The first-order chi connectivity index (χ1) is 15.2. The fourth-order valence-corrected chi connectivity index (χ4v) is 4.31. The third-order valence-electron chi connectivity index (χ3n) is 5.86. The fraction of sp³-hybridized carbons (Fsp3) is 0.625. The first kappa shape index (κ1) is 27.2. The second kappa shape index (κ2) is 12.4. The minimum atomic E-state index is -0.469. The molecule has 1 saturated heterocycles. The van der Waals surface area contributed by atoms with Gasteiger partial charge in [0.05, 0.1) is 0 Å². The molecule has 2 heterocycles. The Labute approximate surface area is 214 Å². The molecule has 2 unspecified atom stereocenters. The molecule has 0 radical (unpaired) electrons. The van der Waals surface area contributed by atoms with E-state index in [1.54, 1.807) is 7.05 Å². The van der Waals surface area contributed by atoms with E-state index in [2.05, 4.69) is 27.0 Å². The summed E-state index contributed by atoms with van der Waals surface area (Å²) in [5.74, 6) is 1.33. The third-order valence-corrected chi connectivity index (χ3v) is 5.86. The molecule has 0 aliphatic carbocycles. The molecule has 0 spiro atoms. The molecule has 2 aliphatic heterocycles. The van der Waals surface area contributed by atoms with Gasteiger partial charge in [-0.2, -0.15) is 0 Å². The topological polar surface area (TPSA) is 95.1 Å². The van der Waals surface area contributed by atoms with E-state index in [0.717, 1.165) is 56.1 Å². The van der Waals surface area contributed by atoms with Crippen LogP contribution in [0.3, 0.4) is 0 Å². The number of carbonyl (C=O) groups is 2. The van der Waals surface area contributed by atoms with Crippen LogP contribution in [0.15, 0.2) is 29.3 Å². The molecule has 2 amide bonds. The van der Waals surface area contributed by atoms with Crippen LogP contribution in [-0.4, -0.2) is 61.7 Å². The Morgan fingerprint density at radius 1 is 1.27 bits per heavy atom. The summed E-state index contributed by atoms with van der Waals surface area (Å²) in [4.78, 5) is 30.5. The van der Waals surface area contributed by atoms with Gasteiger partial charge in [-0.25, -0.2) is 4.79 Å². The van der Waals surface area contributed by atoms with E-state index < -0.39 is 5.60 Å². The molecule has 3 rings (SSSR count). The smallest absolute Gasteiger partial charge is 0.410 e. The second-order valence-corrected chi connectivity index (χ2v) is 9.64. The maximum Gasteiger partial charge on any atom is 0.410 e. The van der Waals surface area contributed by atoms with Gasteiger partial charge in [-0.05, 0) is 57.6 Å². The number of rotatable bonds is 5. The predicted octanol–water partition coefficient (Wildman–Crippen LogP) is 3.93. The summed E-state index contributed by atoms with van der Waals surface area (Å²) in [7, 11) is 1.75. The monoisotopic (exact) mass is 571 g/mol. The number of piperidine rings is 1. The number of para-hydroxylation sites is 1. The van der Waals surface area contributed by atoms with Crippen molar-refractivity contribution < 1.29 is 14.3 Å². The van der Waals surface area contributed by atoms with Gasteiger partial charge in [-0.15, -0.1) is 24.0 Å². The van der Waals surface area contributed by atoms with Gasteiger partial charge >= 0.3 is 6.09 Å². The molecular formula is C24H38IN5O3. The van der Waals surface area contributed by atoms with Crippen LogP contribution >= 0.6 is 24.0 Å². The van der Waals surface area contributed by atoms with Crippen LogP contribution in [0.4, 0.5) is 10.5 Å². The molecule has 184 valence electrons. The number of guanidine groups is 1. The third kappa shape index (κ3) is 8.35. The summed E-state index contributed by atoms with van der Waals surface area (Å²) in [5, 5.41) is 9.68. The van der Waals surface area contributed by atoms with Crippen molar-refractivity contribution in [2.75, 3.05) is 38.5 Å². The maximum atomic E-state index is 12.4. The molecule has 0 saturated carbocycles. The van der Waals surface area contributed by atoms with Crippen molar-refractivity contribution in [2.24, 2.45) is 10.9 Å². The lowest BCUT2D eigenvalue weighted by atomic mass is 9.90. The van der Waals surface area contributed by atoms with Crippen molar-refractivity contribution in [1.29, 1.82) is 0 Å². The van der Waals surface area contributed by atoms with E-state index in [0.29, 0.717) is 18.9 Å². The van der Waals surface area contributed by atoms with Gasteiger partial charge in [0.15, 0.2) is 5.96 Å². The number of nitrogens with one attached hydrogen (secondary N) is 3. The van der Waals surface area contributed by atoms with E-state index in [-0.39, 0.29) is 41.9 Å². The molecule has 33 heavy (non-hydrogen) atoms. The zero-order valence-corrected chi connectivity index (χ0v) is 22.5. The number of benzene rings is 1. The van der Waals surface area contributed by atoms with E-state index in [4.69, 9.17) is 4.74 Å². The van der Waals surface area contributed by atoms with Crippen molar-refractivity contribution in [3.05, 3.63) is 29.8 Å². The molecule has 2 atom stereocenters. The summed E-state index contributed by atoms with van der Waals surface area (Å²) in [5.41, 5.74) is 1.58. The summed E-state index contributed by atoms with van der Waals surface area (Å²) in [6.07, 6.45) is 3.31. The normalized spacial score (nSPS) is 20.8. The van der Waals surface area contributed by atoms with E-state index in [1.807, 2.05) is 43.9 Å². The summed E-state index contributed by atoms with van der Waals surface area (Å²) in [6, 6.07) is 7.94. The Kier molecular flexibility index (Phi) is 10.2. The number of amides is 2. The number of anilines is 1. The first-order valence-corrected chi connectivity index (χ1v) is 11.6. The van der Waals surface area contributed by atoms with Crippen LogP contribution < -0.4 is 16.0 Å². The predicted molar refractivity (Wildman–Crippen MR) is 142 cm³/mol. The molecule has 2 aliphatic rings. The summed E-state index contributed by atoms with van der Waals surface area (Å²) in [6.45, 7) is 8.59. The molecule has 8 nitrogen and oxygen atoms in total. The molecule has 1 fully saturated rings. The van der Waals surface area contributed by atoms with Gasteiger partial charge in [0.1, 0.15) is 5.60 Å².